The number of carboxylic acids is 1. The van der Waals surface area contributed by atoms with Crippen LogP contribution in [0, 0.1) is 5.82 Å². The summed E-state index contributed by atoms with van der Waals surface area (Å²) in [6.07, 6.45) is 1.24. The van der Waals surface area contributed by atoms with Crippen LogP contribution >= 0.6 is 11.8 Å². The van der Waals surface area contributed by atoms with Crippen LogP contribution in [-0.4, -0.2) is 22.0 Å². The molecule has 2 rings (SSSR count). The van der Waals surface area contributed by atoms with Crippen LogP contribution < -0.4 is 5.73 Å². The van der Waals surface area contributed by atoms with Gasteiger partial charge in [-0.25, -0.2) is 14.2 Å². The standard InChI is InChI=1S/C14H11FN2O3S/c15-11-3-1-8(13(16)18)5-10(11)7-21-12-4-2-9(6-17-12)14(19)20/h1-6H,7H2,(H2,16,18)(H,19,20). The maximum absolute atomic E-state index is 13.6. The number of nitrogens with zero attached hydrogens (tertiary/aromatic N) is 1. The van der Waals surface area contributed by atoms with Crippen molar-refractivity contribution in [3.63, 3.8) is 0 Å². The summed E-state index contributed by atoms with van der Waals surface area (Å²) >= 11 is 1.23. The van der Waals surface area contributed by atoms with Gasteiger partial charge in [-0.1, -0.05) is 0 Å². The Balaban J connectivity index is 2.10. The van der Waals surface area contributed by atoms with Gasteiger partial charge in [-0.05, 0) is 35.9 Å². The zero-order chi connectivity index (χ0) is 15.4. The number of carbonyl (C=O) groups is 2. The summed E-state index contributed by atoms with van der Waals surface area (Å²) in [6.45, 7) is 0. The molecule has 0 aliphatic carbocycles. The number of pyridine rings is 1. The highest BCUT2D eigenvalue weighted by atomic mass is 32.2. The number of nitrogens with two attached hydrogens (primary N) is 1. The van der Waals surface area contributed by atoms with E-state index in [-0.39, 0.29) is 16.9 Å². The van der Waals surface area contributed by atoms with E-state index < -0.39 is 17.7 Å². The normalized spacial score (nSPS) is 10.3. The topological polar surface area (TPSA) is 93.3 Å². The third-order valence-corrected chi connectivity index (χ3v) is 3.68. The van der Waals surface area contributed by atoms with Gasteiger partial charge in [-0.3, -0.25) is 4.79 Å². The number of aromatic carboxylic acids is 1. The Labute approximate surface area is 124 Å². The molecule has 0 atom stereocenters. The predicted octanol–water partition coefficient (Wildman–Crippen LogP) is 2.31. The Bertz CT molecular complexity index is 689. The number of carboxylic acid groups (broad SMARTS) is 1. The lowest BCUT2D eigenvalue weighted by Gasteiger charge is -2.05. The molecule has 1 amide bonds. The average molecular weight is 306 g/mol. The van der Waals surface area contributed by atoms with E-state index in [1.54, 1.807) is 6.07 Å². The molecule has 0 saturated heterocycles. The lowest BCUT2D eigenvalue weighted by atomic mass is 10.1. The Kier molecular flexibility index (Phi) is 4.54. The van der Waals surface area contributed by atoms with Gasteiger partial charge in [0.15, 0.2) is 0 Å². The molecule has 3 N–H and O–H groups in total. The fourth-order valence-corrected chi connectivity index (χ4v) is 2.40. The van der Waals surface area contributed by atoms with Crippen molar-refractivity contribution in [2.24, 2.45) is 5.73 Å². The molecule has 1 heterocycles. The summed E-state index contributed by atoms with van der Waals surface area (Å²) < 4.78 is 13.6. The molecule has 0 spiro atoms. The highest BCUT2D eigenvalue weighted by Crippen LogP contribution is 2.23. The minimum Gasteiger partial charge on any atom is -0.478 e. The van der Waals surface area contributed by atoms with Gasteiger partial charge < -0.3 is 10.8 Å². The van der Waals surface area contributed by atoms with Crippen LogP contribution in [0.2, 0.25) is 0 Å². The number of thioether (sulfide) groups is 1. The zero-order valence-corrected chi connectivity index (χ0v) is 11.6. The first kappa shape index (κ1) is 15.0. The number of hydrogen-bond acceptors (Lipinski definition) is 4. The van der Waals surface area contributed by atoms with Gasteiger partial charge in [0, 0.05) is 17.5 Å². The molecule has 0 saturated carbocycles. The summed E-state index contributed by atoms with van der Waals surface area (Å²) in [5, 5.41) is 9.32. The molecule has 0 unspecified atom stereocenters. The van der Waals surface area contributed by atoms with Gasteiger partial charge in [0.1, 0.15) is 5.82 Å². The van der Waals surface area contributed by atoms with Crippen molar-refractivity contribution in [2.45, 2.75) is 10.8 Å². The van der Waals surface area contributed by atoms with Crippen LogP contribution in [0.1, 0.15) is 26.3 Å². The van der Waals surface area contributed by atoms with Gasteiger partial charge in [0.05, 0.1) is 10.6 Å². The Morgan fingerprint density at radius 2 is 1.95 bits per heavy atom. The first-order valence-electron chi connectivity index (χ1n) is 5.88. The monoisotopic (exact) mass is 306 g/mol. The summed E-state index contributed by atoms with van der Waals surface area (Å²) in [6, 6.07) is 6.89. The van der Waals surface area contributed by atoms with E-state index in [1.807, 2.05) is 0 Å². The van der Waals surface area contributed by atoms with Crippen LogP contribution in [0.15, 0.2) is 41.6 Å². The molecule has 21 heavy (non-hydrogen) atoms. The van der Waals surface area contributed by atoms with Crippen LogP contribution in [0.4, 0.5) is 4.39 Å². The first-order valence-corrected chi connectivity index (χ1v) is 6.86. The second-order valence-electron chi connectivity index (χ2n) is 4.15. The van der Waals surface area contributed by atoms with Gasteiger partial charge in [0.25, 0.3) is 0 Å². The van der Waals surface area contributed by atoms with Gasteiger partial charge >= 0.3 is 5.97 Å². The smallest absolute Gasteiger partial charge is 0.337 e. The average Bonchev–Trinajstić information content (AvgIpc) is 2.46. The largest absolute Gasteiger partial charge is 0.478 e. The predicted molar refractivity (Wildman–Crippen MR) is 75.7 cm³/mol. The van der Waals surface area contributed by atoms with Gasteiger partial charge in [-0.2, -0.15) is 0 Å². The zero-order valence-electron chi connectivity index (χ0n) is 10.7. The molecule has 1 aromatic heterocycles. The number of carbonyl (C=O) groups excluding carboxylic acids is 1. The van der Waals surface area contributed by atoms with E-state index in [2.05, 4.69) is 4.98 Å². The molecule has 7 heteroatoms. The Morgan fingerprint density at radius 3 is 2.52 bits per heavy atom. The van der Waals surface area contributed by atoms with Crippen molar-refractivity contribution in [3.8, 4) is 0 Å². The minimum atomic E-state index is -1.06. The molecule has 0 bridgehead atoms. The summed E-state index contributed by atoms with van der Waals surface area (Å²) in [5.74, 6) is -1.86. The third-order valence-electron chi connectivity index (χ3n) is 2.69. The molecule has 1 aromatic carbocycles. The van der Waals surface area contributed by atoms with Crippen LogP contribution in [0.3, 0.4) is 0 Å². The van der Waals surface area contributed by atoms with Crippen LogP contribution in [-0.2, 0) is 5.75 Å². The maximum atomic E-state index is 13.6. The SMILES string of the molecule is NC(=O)c1ccc(F)c(CSc2ccc(C(=O)O)cn2)c1. The van der Waals surface area contributed by atoms with Crippen molar-refractivity contribution in [3.05, 3.63) is 59.0 Å². The third kappa shape index (κ3) is 3.79. The van der Waals surface area contributed by atoms with E-state index in [1.165, 1.54) is 42.2 Å². The van der Waals surface area contributed by atoms with E-state index >= 15 is 0 Å². The molecule has 0 aliphatic heterocycles. The highest BCUT2D eigenvalue weighted by molar-refractivity contribution is 7.98. The van der Waals surface area contributed by atoms with Crippen molar-refractivity contribution in [2.75, 3.05) is 0 Å². The maximum Gasteiger partial charge on any atom is 0.337 e. The molecule has 0 radical (unpaired) electrons. The van der Waals surface area contributed by atoms with Crippen molar-refractivity contribution >= 4 is 23.6 Å². The molecular weight excluding hydrogens is 295 g/mol. The second kappa shape index (κ2) is 6.36. The number of hydrogen-bond donors (Lipinski definition) is 2. The van der Waals surface area contributed by atoms with E-state index in [0.717, 1.165) is 0 Å². The fourth-order valence-electron chi connectivity index (χ4n) is 1.58. The molecule has 0 fully saturated rings. The first-order chi connectivity index (χ1) is 9.97. The van der Waals surface area contributed by atoms with Gasteiger partial charge in [-0.15, -0.1) is 11.8 Å². The van der Waals surface area contributed by atoms with E-state index in [4.69, 9.17) is 10.8 Å². The molecule has 5 nitrogen and oxygen atoms in total. The summed E-state index contributed by atoms with van der Waals surface area (Å²) in [4.78, 5) is 25.7. The summed E-state index contributed by atoms with van der Waals surface area (Å²) in [7, 11) is 0. The van der Waals surface area contributed by atoms with E-state index in [9.17, 15) is 14.0 Å². The Hall–Kier alpha value is -2.41. The number of amides is 1. The van der Waals surface area contributed by atoms with Crippen molar-refractivity contribution in [1.29, 1.82) is 0 Å². The van der Waals surface area contributed by atoms with Crippen molar-refractivity contribution < 1.29 is 19.1 Å². The van der Waals surface area contributed by atoms with Crippen LogP contribution in [0.5, 0.6) is 0 Å². The molecule has 0 aliphatic rings. The number of rotatable bonds is 5. The lowest BCUT2D eigenvalue weighted by molar-refractivity contribution is 0.0696. The number of halogens is 1. The van der Waals surface area contributed by atoms with Crippen molar-refractivity contribution in [1.82, 2.24) is 4.98 Å². The quantitative estimate of drug-likeness (QED) is 0.827. The fraction of sp³-hybridized carbons (Fsp3) is 0.0714. The molecular formula is C14H11FN2O3S. The lowest BCUT2D eigenvalue weighted by Crippen LogP contribution is -2.11. The Morgan fingerprint density at radius 1 is 1.24 bits per heavy atom. The van der Waals surface area contributed by atoms with Crippen LogP contribution in [0.25, 0.3) is 0 Å². The summed E-state index contributed by atoms with van der Waals surface area (Å²) in [5.41, 5.74) is 5.80. The minimum absolute atomic E-state index is 0.0845. The number of aromatic nitrogens is 1. The second-order valence-corrected chi connectivity index (χ2v) is 5.15. The number of primary amides is 1. The van der Waals surface area contributed by atoms with Gasteiger partial charge in [0.2, 0.25) is 5.91 Å². The molecule has 108 valence electrons. The highest BCUT2D eigenvalue weighted by Gasteiger charge is 2.09. The van der Waals surface area contributed by atoms with E-state index in [0.29, 0.717) is 10.6 Å². The number of benzene rings is 1. The molecule has 2 aromatic rings.